The molecule has 1 amide bonds. The summed E-state index contributed by atoms with van der Waals surface area (Å²) >= 11 is 1.57. The molecule has 2 atom stereocenters. The zero-order chi connectivity index (χ0) is 13.7. The number of hydrogen-bond acceptors (Lipinski definition) is 4. The summed E-state index contributed by atoms with van der Waals surface area (Å²) in [6.07, 6.45) is 0.362. The zero-order valence-electron chi connectivity index (χ0n) is 11.2. The smallest absolute Gasteiger partial charge is 0.327 e. The van der Waals surface area contributed by atoms with Gasteiger partial charge in [-0.1, -0.05) is 20.8 Å². The Morgan fingerprint density at radius 1 is 1.50 bits per heavy atom. The Morgan fingerprint density at radius 3 is 2.67 bits per heavy atom. The van der Waals surface area contributed by atoms with Crippen molar-refractivity contribution in [3.05, 3.63) is 0 Å². The van der Waals surface area contributed by atoms with E-state index in [0.29, 0.717) is 18.7 Å². The van der Waals surface area contributed by atoms with Crippen LogP contribution in [0.4, 0.5) is 0 Å². The van der Waals surface area contributed by atoms with E-state index in [4.69, 9.17) is 0 Å². The van der Waals surface area contributed by atoms with E-state index in [0.717, 1.165) is 6.54 Å². The van der Waals surface area contributed by atoms with Gasteiger partial charge in [-0.2, -0.15) is 0 Å². The Kier molecular flexibility index (Phi) is 5.95. The number of hydrogen-bond donors (Lipinski definition) is 2. The van der Waals surface area contributed by atoms with Crippen LogP contribution in [0.15, 0.2) is 0 Å². The summed E-state index contributed by atoms with van der Waals surface area (Å²) < 4.78 is 0. The molecule has 5 nitrogen and oxygen atoms in total. The highest BCUT2D eigenvalue weighted by atomic mass is 32.2. The largest absolute Gasteiger partial charge is 0.480 e. The van der Waals surface area contributed by atoms with E-state index in [1.54, 1.807) is 16.7 Å². The molecule has 1 fully saturated rings. The second kappa shape index (κ2) is 6.99. The van der Waals surface area contributed by atoms with Gasteiger partial charge in [-0.3, -0.25) is 4.79 Å². The summed E-state index contributed by atoms with van der Waals surface area (Å²) in [6, 6.07) is -0.670. The number of aliphatic carboxylic acids is 1. The Bertz CT molecular complexity index is 310. The number of nitrogens with zero attached hydrogens (tertiary/aromatic N) is 1. The molecule has 1 heterocycles. The molecule has 2 unspecified atom stereocenters. The van der Waals surface area contributed by atoms with Gasteiger partial charge in [0.2, 0.25) is 5.91 Å². The molecule has 2 N–H and O–H groups in total. The molecule has 104 valence electrons. The maximum Gasteiger partial charge on any atom is 0.327 e. The summed E-state index contributed by atoms with van der Waals surface area (Å²) in [5, 5.41) is 12.3. The average molecular weight is 274 g/mol. The van der Waals surface area contributed by atoms with Crippen molar-refractivity contribution in [2.75, 3.05) is 18.8 Å². The fourth-order valence-corrected chi connectivity index (χ4v) is 3.54. The van der Waals surface area contributed by atoms with Crippen LogP contribution in [-0.4, -0.2) is 52.1 Å². The number of carbonyl (C=O) groups is 2. The van der Waals surface area contributed by atoms with E-state index in [1.165, 1.54) is 0 Å². The van der Waals surface area contributed by atoms with Crippen LogP contribution in [0.3, 0.4) is 0 Å². The molecule has 0 aromatic heterocycles. The van der Waals surface area contributed by atoms with Crippen molar-refractivity contribution in [1.29, 1.82) is 0 Å². The molecular weight excluding hydrogens is 252 g/mol. The van der Waals surface area contributed by atoms with Crippen molar-refractivity contribution >= 4 is 23.6 Å². The molecule has 0 bridgehead atoms. The van der Waals surface area contributed by atoms with Gasteiger partial charge in [-0.25, -0.2) is 4.79 Å². The lowest BCUT2D eigenvalue weighted by Gasteiger charge is -2.29. The van der Waals surface area contributed by atoms with Crippen molar-refractivity contribution in [2.45, 2.75) is 38.6 Å². The van der Waals surface area contributed by atoms with Gasteiger partial charge in [0.25, 0.3) is 0 Å². The maximum atomic E-state index is 12.2. The predicted octanol–water partition coefficient (Wildman–Crippen LogP) is 0.997. The van der Waals surface area contributed by atoms with Crippen LogP contribution in [0.5, 0.6) is 0 Å². The van der Waals surface area contributed by atoms with Gasteiger partial charge in [0, 0.05) is 18.7 Å². The van der Waals surface area contributed by atoms with Crippen LogP contribution in [-0.2, 0) is 9.59 Å². The van der Waals surface area contributed by atoms with E-state index >= 15 is 0 Å². The first-order valence-corrected chi connectivity index (χ1v) is 7.40. The van der Waals surface area contributed by atoms with Crippen LogP contribution < -0.4 is 5.32 Å². The molecule has 0 aromatic rings. The second-order valence-corrected chi connectivity index (χ2v) is 5.88. The molecule has 0 saturated carbocycles. The molecule has 0 aromatic carbocycles. The number of rotatable bonds is 6. The Morgan fingerprint density at radius 2 is 2.17 bits per heavy atom. The average Bonchev–Trinajstić information content (AvgIpc) is 2.73. The van der Waals surface area contributed by atoms with Crippen molar-refractivity contribution < 1.29 is 14.7 Å². The van der Waals surface area contributed by atoms with Crippen LogP contribution >= 0.6 is 11.8 Å². The minimum absolute atomic E-state index is 0.0137. The first-order valence-electron chi connectivity index (χ1n) is 6.35. The van der Waals surface area contributed by atoms with Gasteiger partial charge in [0.05, 0.1) is 5.37 Å². The summed E-state index contributed by atoms with van der Waals surface area (Å²) in [7, 11) is 0. The lowest BCUT2D eigenvalue weighted by atomic mass is 10.1. The first kappa shape index (κ1) is 15.3. The van der Waals surface area contributed by atoms with Gasteiger partial charge in [-0.15, -0.1) is 11.8 Å². The van der Waals surface area contributed by atoms with E-state index in [2.05, 4.69) is 5.32 Å². The van der Waals surface area contributed by atoms with Crippen molar-refractivity contribution in [3.63, 3.8) is 0 Å². The fraction of sp³-hybridized carbons (Fsp3) is 0.833. The quantitative estimate of drug-likeness (QED) is 0.707. The molecule has 18 heavy (non-hydrogen) atoms. The molecule has 1 aliphatic heterocycles. The highest BCUT2D eigenvalue weighted by molar-refractivity contribution is 8.00. The van der Waals surface area contributed by atoms with Crippen molar-refractivity contribution in [3.8, 4) is 0 Å². The van der Waals surface area contributed by atoms with Gasteiger partial charge < -0.3 is 15.3 Å². The third-order valence-corrected chi connectivity index (χ3v) is 4.56. The number of nitrogens with one attached hydrogen (secondary N) is 1. The van der Waals surface area contributed by atoms with Gasteiger partial charge in [-0.05, 0) is 12.5 Å². The second-order valence-electron chi connectivity index (χ2n) is 4.73. The standard InChI is InChI=1S/C12H22N2O3S/c1-4-13-6-5-10(15)14-9(12(16)17)7-18-11(14)8(2)3/h8-9,11,13H,4-7H2,1-3H3,(H,16,17). The Balaban J connectivity index is 2.70. The number of amides is 1. The van der Waals surface area contributed by atoms with Gasteiger partial charge in [0.1, 0.15) is 6.04 Å². The Labute approximate surface area is 112 Å². The highest BCUT2D eigenvalue weighted by Crippen LogP contribution is 2.34. The third kappa shape index (κ3) is 3.62. The molecule has 1 rings (SSSR count). The van der Waals surface area contributed by atoms with Gasteiger partial charge >= 0.3 is 5.97 Å². The number of carboxylic acids is 1. The first-order chi connectivity index (χ1) is 8.49. The van der Waals surface area contributed by atoms with Crippen molar-refractivity contribution in [2.24, 2.45) is 5.92 Å². The Hall–Kier alpha value is -0.750. The summed E-state index contributed by atoms with van der Waals surface area (Å²) in [6.45, 7) is 7.44. The van der Waals surface area contributed by atoms with E-state index in [9.17, 15) is 14.7 Å². The molecule has 1 saturated heterocycles. The summed E-state index contributed by atoms with van der Waals surface area (Å²) in [4.78, 5) is 24.9. The maximum absolute atomic E-state index is 12.2. The van der Waals surface area contributed by atoms with Crippen LogP contribution in [0.25, 0.3) is 0 Å². The topological polar surface area (TPSA) is 69.6 Å². The SMILES string of the molecule is CCNCCC(=O)N1C(C(=O)O)CSC1C(C)C. The zero-order valence-corrected chi connectivity index (χ0v) is 12.0. The monoisotopic (exact) mass is 274 g/mol. The van der Waals surface area contributed by atoms with E-state index in [1.807, 2.05) is 20.8 Å². The van der Waals surface area contributed by atoms with Crippen LogP contribution in [0, 0.1) is 5.92 Å². The normalized spacial score (nSPS) is 23.7. The molecule has 0 radical (unpaired) electrons. The lowest BCUT2D eigenvalue weighted by molar-refractivity contribution is -0.149. The lowest BCUT2D eigenvalue weighted by Crippen LogP contribution is -2.47. The molecule has 0 spiro atoms. The van der Waals surface area contributed by atoms with Crippen LogP contribution in [0.1, 0.15) is 27.2 Å². The minimum Gasteiger partial charge on any atom is -0.480 e. The van der Waals surface area contributed by atoms with E-state index in [-0.39, 0.29) is 17.2 Å². The molecule has 1 aliphatic rings. The van der Waals surface area contributed by atoms with Gasteiger partial charge in [0.15, 0.2) is 0 Å². The third-order valence-electron chi connectivity index (χ3n) is 2.94. The molecular formula is C12H22N2O3S. The number of carboxylic acid groups (broad SMARTS) is 1. The molecule has 0 aliphatic carbocycles. The number of thioether (sulfide) groups is 1. The highest BCUT2D eigenvalue weighted by Gasteiger charge is 2.42. The van der Waals surface area contributed by atoms with Crippen molar-refractivity contribution in [1.82, 2.24) is 10.2 Å². The summed E-state index contributed by atoms with van der Waals surface area (Å²) in [5.74, 6) is -0.206. The summed E-state index contributed by atoms with van der Waals surface area (Å²) in [5.41, 5.74) is 0. The predicted molar refractivity (Wildman–Crippen MR) is 72.5 cm³/mol. The number of carbonyl (C=O) groups excluding carboxylic acids is 1. The van der Waals surface area contributed by atoms with E-state index < -0.39 is 12.0 Å². The molecule has 6 heteroatoms. The fourth-order valence-electron chi connectivity index (χ4n) is 2.05. The minimum atomic E-state index is -0.901. The van der Waals surface area contributed by atoms with Crippen LogP contribution in [0.2, 0.25) is 0 Å².